The van der Waals surface area contributed by atoms with E-state index in [1.54, 1.807) is 18.3 Å². The number of allylic oxidation sites excluding steroid dienone is 2. The van der Waals surface area contributed by atoms with Gasteiger partial charge in [-0.2, -0.15) is 4.98 Å². The van der Waals surface area contributed by atoms with Gasteiger partial charge < -0.3 is 15.2 Å². The molecule has 2 aromatic heterocycles. The minimum Gasteiger partial charge on any atom is -0.336 e. The molecule has 1 aliphatic heterocycles. The van der Waals surface area contributed by atoms with Crippen LogP contribution in [0.5, 0.6) is 0 Å². The van der Waals surface area contributed by atoms with Crippen molar-refractivity contribution in [2.45, 2.75) is 50.6 Å². The number of hydrogen-bond acceptors (Lipinski definition) is 6. The highest BCUT2D eigenvalue weighted by Gasteiger charge is 2.34. The number of para-hydroxylation sites is 1. The van der Waals surface area contributed by atoms with E-state index in [1.165, 1.54) is 0 Å². The van der Waals surface area contributed by atoms with E-state index < -0.39 is 5.54 Å². The number of nitrogens with two attached hydrogens (primary N) is 1. The van der Waals surface area contributed by atoms with Crippen LogP contribution in [0.2, 0.25) is 0 Å². The van der Waals surface area contributed by atoms with Crippen molar-refractivity contribution in [3.05, 3.63) is 73.0 Å². The predicted molar refractivity (Wildman–Crippen MR) is 127 cm³/mol. The molecule has 1 amide bonds. The summed E-state index contributed by atoms with van der Waals surface area (Å²) >= 11 is 0. The van der Waals surface area contributed by atoms with Gasteiger partial charge in [-0.1, -0.05) is 29.4 Å². The van der Waals surface area contributed by atoms with Gasteiger partial charge >= 0.3 is 0 Å². The summed E-state index contributed by atoms with van der Waals surface area (Å²) < 4.78 is 7.58. The number of carbonyl (C=O) groups excluding carboxylic acids is 1. The monoisotopic (exact) mass is 446 g/mol. The predicted octanol–water partition coefficient (Wildman–Crippen LogP) is 4.37. The van der Waals surface area contributed by atoms with E-state index in [4.69, 9.17) is 10.3 Å². The van der Waals surface area contributed by atoms with Crippen molar-refractivity contribution in [2.24, 2.45) is 5.73 Å². The fourth-order valence-corrected chi connectivity index (χ4v) is 4.27. The lowest BCUT2D eigenvalue weighted by Crippen LogP contribution is -2.38. The number of fused-ring (bicyclic) bond motifs is 3. The Hall–Kier alpha value is -3.52. The van der Waals surface area contributed by atoms with Gasteiger partial charge in [0.05, 0.1) is 29.0 Å². The third-order valence-electron chi connectivity index (χ3n) is 6.13. The molecular formula is C25H30N6O2. The van der Waals surface area contributed by atoms with E-state index >= 15 is 0 Å². The quantitative estimate of drug-likeness (QED) is 0.366. The summed E-state index contributed by atoms with van der Waals surface area (Å²) in [5, 5.41) is 4.26. The molecule has 1 aromatic carbocycles. The molecule has 0 saturated carbocycles. The summed E-state index contributed by atoms with van der Waals surface area (Å²) in [6, 6.07) is 7.49. The number of nitrogens with zero attached hydrogens (tertiary/aromatic N) is 5. The smallest absolute Gasteiger partial charge is 0.278 e. The van der Waals surface area contributed by atoms with Crippen LogP contribution in [0.4, 0.5) is 0 Å². The molecule has 0 radical (unpaired) electrons. The van der Waals surface area contributed by atoms with Crippen molar-refractivity contribution in [3.8, 4) is 17.3 Å². The molecule has 33 heavy (non-hydrogen) atoms. The molecule has 0 unspecified atom stereocenters. The molecule has 0 saturated heterocycles. The Morgan fingerprint density at radius 2 is 1.88 bits per heavy atom. The second-order valence-electron chi connectivity index (χ2n) is 8.53. The third kappa shape index (κ3) is 4.39. The van der Waals surface area contributed by atoms with Crippen molar-refractivity contribution in [1.82, 2.24) is 24.6 Å². The maximum atomic E-state index is 12.8. The molecule has 8 heteroatoms. The molecule has 0 spiro atoms. The number of unbranched alkanes of at least 4 members (excludes halogenated alkanes) is 2. The van der Waals surface area contributed by atoms with E-state index in [2.05, 4.69) is 28.3 Å². The second-order valence-corrected chi connectivity index (χ2v) is 8.53. The van der Waals surface area contributed by atoms with Crippen molar-refractivity contribution in [3.63, 3.8) is 0 Å². The van der Waals surface area contributed by atoms with Crippen molar-refractivity contribution < 1.29 is 9.32 Å². The van der Waals surface area contributed by atoms with Crippen LogP contribution >= 0.6 is 0 Å². The Bertz CT molecular complexity index is 1150. The van der Waals surface area contributed by atoms with Gasteiger partial charge in [-0.05, 0) is 50.7 Å². The van der Waals surface area contributed by atoms with Gasteiger partial charge in [0.15, 0.2) is 11.5 Å². The van der Waals surface area contributed by atoms with Crippen LogP contribution in [0.15, 0.2) is 60.4 Å². The highest BCUT2D eigenvalue weighted by molar-refractivity contribution is 5.98. The molecule has 3 aromatic rings. The van der Waals surface area contributed by atoms with Gasteiger partial charge in [-0.3, -0.25) is 9.36 Å². The Labute approximate surface area is 193 Å². The molecule has 0 atom stereocenters. The first-order valence-corrected chi connectivity index (χ1v) is 11.2. The summed E-state index contributed by atoms with van der Waals surface area (Å²) in [5.74, 6) is 0.740. The minimum atomic E-state index is -0.705. The first kappa shape index (κ1) is 22.7. The molecular weight excluding hydrogens is 416 g/mol. The fraction of sp³-hybridized carbons (Fsp3) is 0.360. The maximum Gasteiger partial charge on any atom is 0.278 e. The molecule has 3 heterocycles. The lowest BCUT2D eigenvalue weighted by Gasteiger charge is -2.25. The Morgan fingerprint density at radius 3 is 2.58 bits per heavy atom. The Balaban J connectivity index is 1.70. The van der Waals surface area contributed by atoms with Crippen LogP contribution in [0.3, 0.4) is 0 Å². The van der Waals surface area contributed by atoms with E-state index in [0.717, 1.165) is 49.9 Å². The number of rotatable bonds is 10. The molecule has 172 valence electrons. The van der Waals surface area contributed by atoms with Gasteiger partial charge in [0.25, 0.3) is 11.8 Å². The van der Waals surface area contributed by atoms with Crippen molar-refractivity contribution >= 4 is 5.91 Å². The summed E-state index contributed by atoms with van der Waals surface area (Å²) in [4.78, 5) is 23.8. The molecule has 4 rings (SSSR count). The van der Waals surface area contributed by atoms with Crippen LogP contribution in [0, 0.1) is 0 Å². The van der Waals surface area contributed by atoms with Crippen LogP contribution in [0.1, 0.15) is 60.4 Å². The normalized spacial score (nSPS) is 13.4. The number of amides is 1. The van der Waals surface area contributed by atoms with Crippen LogP contribution in [-0.4, -0.2) is 37.5 Å². The topological polar surface area (TPSA) is 103 Å². The highest BCUT2D eigenvalue weighted by atomic mass is 16.5. The molecule has 0 fully saturated rings. The lowest BCUT2D eigenvalue weighted by atomic mass is 9.87. The molecule has 0 bridgehead atoms. The zero-order valence-electron chi connectivity index (χ0n) is 19.0. The summed E-state index contributed by atoms with van der Waals surface area (Å²) in [7, 11) is 1.77. The number of benzene rings is 1. The Morgan fingerprint density at radius 1 is 1.18 bits per heavy atom. The molecule has 1 aliphatic rings. The average Bonchev–Trinajstić information content (AvgIpc) is 3.44. The molecule has 8 nitrogen and oxygen atoms in total. The van der Waals surface area contributed by atoms with Crippen LogP contribution in [-0.2, 0) is 12.1 Å². The Kier molecular flexibility index (Phi) is 6.55. The van der Waals surface area contributed by atoms with Crippen molar-refractivity contribution in [2.75, 3.05) is 7.05 Å². The molecule has 0 aliphatic carbocycles. The number of imidazole rings is 1. The maximum absolute atomic E-state index is 12.8. The second kappa shape index (κ2) is 9.54. The van der Waals surface area contributed by atoms with E-state index in [-0.39, 0.29) is 5.91 Å². The average molecular weight is 447 g/mol. The summed E-state index contributed by atoms with van der Waals surface area (Å²) in [6.07, 6.45) is 10.5. The van der Waals surface area contributed by atoms with Crippen LogP contribution in [0.25, 0.3) is 17.3 Å². The van der Waals surface area contributed by atoms with E-state index in [9.17, 15) is 4.79 Å². The number of carbonyl (C=O) groups is 1. The largest absolute Gasteiger partial charge is 0.336 e. The van der Waals surface area contributed by atoms with Crippen LogP contribution < -0.4 is 5.73 Å². The third-order valence-corrected chi connectivity index (χ3v) is 6.13. The number of hydrogen-bond donors (Lipinski definition) is 1. The van der Waals surface area contributed by atoms with Gasteiger partial charge in [0.2, 0.25) is 0 Å². The lowest BCUT2D eigenvalue weighted by molar-refractivity contribution is 0.0788. The number of aromatic nitrogens is 4. The van der Waals surface area contributed by atoms with Gasteiger partial charge in [0, 0.05) is 7.05 Å². The minimum absolute atomic E-state index is 0.0446. The molecule has 2 N–H and O–H groups in total. The first-order chi connectivity index (χ1) is 16.0. The summed E-state index contributed by atoms with van der Waals surface area (Å²) in [5.41, 5.74) is 8.87. The summed E-state index contributed by atoms with van der Waals surface area (Å²) in [6.45, 7) is 7.97. The highest BCUT2D eigenvalue weighted by Crippen LogP contribution is 2.33. The zero-order valence-corrected chi connectivity index (χ0v) is 19.0. The van der Waals surface area contributed by atoms with Gasteiger partial charge in [-0.25, -0.2) is 4.98 Å². The zero-order chi connectivity index (χ0) is 23.4. The first-order valence-electron chi connectivity index (χ1n) is 11.2. The van der Waals surface area contributed by atoms with Crippen molar-refractivity contribution in [1.29, 1.82) is 0 Å². The van der Waals surface area contributed by atoms with Gasteiger partial charge in [0.1, 0.15) is 6.33 Å². The standard InChI is InChI=1S/C25H30N6O2/c1-4-6-10-14-25(26,15-11-7-5-2)24-28-22(33-29-24)21-20-16-30(3)23(32)18-12-8-9-13-19(18)31(20)17-27-21/h4-5,8-9,12-13,17H,1-2,6-7,10-11,14-16,26H2,3H3. The fourth-order valence-electron chi connectivity index (χ4n) is 4.27. The van der Waals surface area contributed by atoms with E-state index in [1.807, 2.05) is 41.0 Å². The SMILES string of the molecule is C=CCCCC(N)(CCCC=C)c1noc(-c2ncn3c2CN(C)C(=O)c2ccccc2-3)n1. The van der Waals surface area contributed by atoms with E-state index in [0.29, 0.717) is 29.5 Å². The van der Waals surface area contributed by atoms with Gasteiger partial charge in [-0.15, -0.1) is 13.2 Å².